The van der Waals surface area contributed by atoms with E-state index in [0.717, 1.165) is 0 Å². The summed E-state index contributed by atoms with van der Waals surface area (Å²) in [6.45, 7) is 0. The molecule has 0 aromatic heterocycles. The minimum Gasteiger partial charge on any atom is -0.367 e. The minimum absolute atomic E-state index is 0.271. The fraction of sp³-hybridized carbons (Fsp3) is 0. The summed E-state index contributed by atoms with van der Waals surface area (Å²) in [5.41, 5.74) is 8.47. The first-order valence-corrected chi connectivity index (χ1v) is 2.13. The van der Waals surface area contributed by atoms with Gasteiger partial charge >= 0.3 is 0 Å². The molecule has 0 radical (unpaired) electrons. The van der Waals surface area contributed by atoms with E-state index in [9.17, 15) is 4.79 Å². The number of guanidine groups is 1. The first-order chi connectivity index (χ1) is 4.66. The molecule has 8 nitrogen and oxygen atoms in total. The molecule has 0 spiro atoms. The van der Waals surface area contributed by atoms with Gasteiger partial charge in [-0.1, -0.05) is 0 Å². The molecule has 0 unspecified atom stereocenters. The summed E-state index contributed by atoms with van der Waals surface area (Å²) in [6, 6.07) is 0. The van der Waals surface area contributed by atoms with E-state index in [4.69, 9.17) is 16.1 Å². The second-order valence-corrected chi connectivity index (χ2v) is 1.15. The molecule has 0 saturated heterocycles. The molecule has 0 aliphatic heterocycles. The Hall–Kier alpha value is -1.38. The molecule has 0 rings (SSSR count). The van der Waals surface area contributed by atoms with Crippen molar-refractivity contribution in [2.24, 2.45) is 10.8 Å². The number of nitrogens with two attached hydrogens (primary N) is 1. The summed E-state index contributed by atoms with van der Waals surface area (Å²) in [5, 5.41) is 18.7. The third-order valence-electron chi connectivity index (χ3n) is 0.452. The molecule has 1 amide bonds. The molecule has 0 saturated carbocycles. The summed E-state index contributed by atoms with van der Waals surface area (Å²) in [6.07, 6.45) is 0.271. The minimum atomic E-state index is -0.398. The molecule has 0 fully saturated rings. The fourth-order valence-corrected chi connectivity index (χ4v) is 0.223. The van der Waals surface area contributed by atoms with E-state index in [-0.39, 0.29) is 12.4 Å². The monoisotopic (exact) mass is 149 g/mol. The lowest BCUT2D eigenvalue weighted by Gasteiger charge is -2.06. The summed E-state index contributed by atoms with van der Waals surface area (Å²) in [5.74, 6) is -0.364. The lowest BCUT2D eigenvalue weighted by atomic mass is 11.1. The standard InChI is InChI=1S/C2H7N5O3/c3-2(5-4-1-8)6-7(9)10/h1,9-10H,(H,4,8)(H3,3,5,6). The van der Waals surface area contributed by atoms with Crippen molar-refractivity contribution in [2.75, 3.05) is 0 Å². The van der Waals surface area contributed by atoms with Gasteiger partial charge in [-0.3, -0.25) is 15.2 Å². The number of nitrogens with one attached hydrogen (secondary N) is 2. The Morgan fingerprint density at radius 3 is 2.70 bits per heavy atom. The third kappa shape index (κ3) is 4.77. The van der Waals surface area contributed by atoms with Gasteiger partial charge < -0.3 is 5.73 Å². The van der Waals surface area contributed by atoms with Gasteiger partial charge in [0.05, 0.1) is 0 Å². The Morgan fingerprint density at radius 2 is 2.30 bits per heavy atom. The van der Waals surface area contributed by atoms with Gasteiger partial charge in [-0.25, -0.2) is 10.9 Å². The zero-order chi connectivity index (χ0) is 7.98. The summed E-state index contributed by atoms with van der Waals surface area (Å²) >= 11 is 0. The number of hydrazone groups is 1. The van der Waals surface area contributed by atoms with Gasteiger partial charge in [-0.05, 0) is 0 Å². The number of hydrazine groups is 1. The van der Waals surface area contributed by atoms with E-state index in [1.807, 2.05) is 5.43 Å². The quantitative estimate of drug-likeness (QED) is 0.131. The van der Waals surface area contributed by atoms with Crippen molar-refractivity contribution in [3.63, 3.8) is 0 Å². The van der Waals surface area contributed by atoms with Gasteiger partial charge in [0, 0.05) is 5.34 Å². The SMILES string of the molecule is NC(=NNC=O)NN(O)O. The van der Waals surface area contributed by atoms with Gasteiger partial charge in [-0.15, -0.1) is 5.10 Å². The first kappa shape index (κ1) is 8.62. The molecule has 0 aromatic rings. The molecule has 0 atom stereocenters. The van der Waals surface area contributed by atoms with Crippen LogP contribution in [-0.2, 0) is 4.79 Å². The average molecular weight is 149 g/mol. The van der Waals surface area contributed by atoms with Crippen LogP contribution in [0.15, 0.2) is 5.10 Å². The van der Waals surface area contributed by atoms with Gasteiger partial charge in [0.15, 0.2) is 0 Å². The van der Waals surface area contributed by atoms with Crippen molar-refractivity contribution in [1.29, 1.82) is 0 Å². The summed E-state index contributed by atoms with van der Waals surface area (Å²) in [4.78, 5) is 9.55. The molecular formula is C2H7N5O3. The molecule has 6 N–H and O–H groups in total. The molecule has 0 bridgehead atoms. The number of nitrogens with zero attached hydrogens (tertiary/aromatic N) is 2. The Bertz CT molecular complexity index is 133. The maximum atomic E-state index is 9.55. The molecule has 8 heteroatoms. The van der Waals surface area contributed by atoms with Crippen LogP contribution in [0.1, 0.15) is 0 Å². The molecule has 0 aliphatic carbocycles. The van der Waals surface area contributed by atoms with Gasteiger partial charge in [-0.2, -0.15) is 0 Å². The molecule has 0 heterocycles. The lowest BCUT2D eigenvalue weighted by Crippen LogP contribution is -2.43. The Kier molecular flexibility index (Phi) is 3.87. The van der Waals surface area contributed by atoms with Crippen LogP contribution in [0.2, 0.25) is 0 Å². The van der Waals surface area contributed by atoms with Crippen molar-refractivity contribution in [3.8, 4) is 0 Å². The van der Waals surface area contributed by atoms with Crippen LogP contribution in [-0.4, -0.2) is 28.1 Å². The number of carbonyl (C=O) groups excluding carboxylic acids is 1. The largest absolute Gasteiger partial charge is 0.367 e. The van der Waals surface area contributed by atoms with Gasteiger partial charge in [0.2, 0.25) is 12.4 Å². The maximum Gasteiger partial charge on any atom is 0.229 e. The van der Waals surface area contributed by atoms with Crippen LogP contribution in [0.5, 0.6) is 0 Å². The molecule has 0 aliphatic rings. The molecular weight excluding hydrogens is 142 g/mol. The molecule has 10 heavy (non-hydrogen) atoms. The van der Waals surface area contributed by atoms with Crippen molar-refractivity contribution in [1.82, 2.24) is 16.2 Å². The van der Waals surface area contributed by atoms with Crippen LogP contribution in [0.3, 0.4) is 0 Å². The summed E-state index contributed by atoms with van der Waals surface area (Å²) < 4.78 is 0. The van der Waals surface area contributed by atoms with Crippen LogP contribution in [0, 0.1) is 0 Å². The Morgan fingerprint density at radius 1 is 1.70 bits per heavy atom. The van der Waals surface area contributed by atoms with Gasteiger partial charge in [0.25, 0.3) is 0 Å². The Labute approximate surface area is 55.8 Å². The topological polar surface area (TPSA) is 123 Å². The van der Waals surface area contributed by atoms with E-state index in [0.29, 0.717) is 0 Å². The number of hydrogen-bond donors (Lipinski definition) is 5. The maximum absolute atomic E-state index is 9.55. The number of amides is 1. The predicted molar refractivity (Wildman–Crippen MR) is 29.4 cm³/mol. The van der Waals surface area contributed by atoms with Crippen molar-refractivity contribution >= 4 is 12.4 Å². The van der Waals surface area contributed by atoms with Gasteiger partial charge in [0.1, 0.15) is 0 Å². The second kappa shape index (κ2) is 4.49. The normalized spacial score (nSPS) is 11.3. The number of rotatable bonds is 3. The van der Waals surface area contributed by atoms with Crippen molar-refractivity contribution < 1.29 is 15.2 Å². The van der Waals surface area contributed by atoms with Crippen LogP contribution >= 0.6 is 0 Å². The zero-order valence-corrected chi connectivity index (χ0v) is 4.85. The van der Waals surface area contributed by atoms with Crippen LogP contribution in [0.4, 0.5) is 0 Å². The van der Waals surface area contributed by atoms with E-state index in [1.54, 1.807) is 5.43 Å². The third-order valence-corrected chi connectivity index (χ3v) is 0.452. The molecule has 0 aromatic carbocycles. The van der Waals surface area contributed by atoms with E-state index >= 15 is 0 Å². The highest BCUT2D eigenvalue weighted by molar-refractivity contribution is 5.77. The highest BCUT2D eigenvalue weighted by Crippen LogP contribution is 1.60. The first-order valence-electron chi connectivity index (χ1n) is 2.13. The number of carbonyl (C=O) groups is 1. The van der Waals surface area contributed by atoms with Crippen molar-refractivity contribution in [2.45, 2.75) is 0 Å². The van der Waals surface area contributed by atoms with E-state index in [1.165, 1.54) is 0 Å². The highest BCUT2D eigenvalue weighted by Gasteiger charge is 1.92. The smallest absolute Gasteiger partial charge is 0.229 e. The lowest BCUT2D eigenvalue weighted by molar-refractivity contribution is -0.329. The Balaban J connectivity index is 3.59. The summed E-state index contributed by atoms with van der Waals surface area (Å²) in [7, 11) is 0. The van der Waals surface area contributed by atoms with E-state index in [2.05, 4.69) is 5.10 Å². The van der Waals surface area contributed by atoms with Crippen LogP contribution in [0.25, 0.3) is 0 Å². The predicted octanol–water partition coefficient (Wildman–Crippen LogP) is -2.45. The highest BCUT2D eigenvalue weighted by atomic mass is 16.8. The number of hydrogen-bond acceptors (Lipinski definition) is 5. The van der Waals surface area contributed by atoms with Crippen molar-refractivity contribution in [3.05, 3.63) is 0 Å². The van der Waals surface area contributed by atoms with Crippen LogP contribution < -0.4 is 16.6 Å². The second-order valence-electron chi connectivity index (χ2n) is 1.15. The molecule has 58 valence electrons. The zero-order valence-electron chi connectivity index (χ0n) is 4.85. The van der Waals surface area contributed by atoms with E-state index < -0.39 is 5.34 Å². The fourth-order valence-electron chi connectivity index (χ4n) is 0.223. The average Bonchev–Trinajstić information content (AvgIpc) is 1.82.